The van der Waals surface area contributed by atoms with Crippen molar-refractivity contribution in [2.24, 2.45) is 5.14 Å². The van der Waals surface area contributed by atoms with Gasteiger partial charge in [0.25, 0.3) is 5.79 Å². The van der Waals surface area contributed by atoms with Crippen LogP contribution in [0.4, 0.5) is 5.69 Å². The minimum absolute atomic E-state index is 0.0320. The zero-order valence-electron chi connectivity index (χ0n) is 16.4. The third-order valence-corrected chi connectivity index (χ3v) is 5.19. The van der Waals surface area contributed by atoms with Crippen molar-refractivity contribution in [3.63, 3.8) is 0 Å². The maximum absolute atomic E-state index is 12.1. The number of benzene rings is 2. The number of hydrogen-bond acceptors (Lipinski definition) is 13. The van der Waals surface area contributed by atoms with E-state index in [2.05, 4.69) is 7.85 Å². The highest BCUT2D eigenvalue weighted by atomic mass is 32.2. The fourth-order valence-electron chi connectivity index (χ4n) is 2.48. The van der Waals surface area contributed by atoms with Crippen molar-refractivity contribution in [2.75, 3.05) is 5.32 Å². The average Bonchev–Trinajstić information content (AvgIpc) is 2.67. The molecule has 16 heteroatoms. The van der Waals surface area contributed by atoms with Crippen LogP contribution in [0.5, 0.6) is 11.5 Å². The Morgan fingerprint density at radius 3 is 1.94 bits per heavy atom. The number of aliphatic hydroxyl groups is 8. The Morgan fingerprint density at radius 1 is 0.939 bits per heavy atom. The van der Waals surface area contributed by atoms with Gasteiger partial charge in [-0.2, -0.15) is 0 Å². The smallest absolute Gasteiger partial charge is 0.307 e. The van der Waals surface area contributed by atoms with Gasteiger partial charge in [-0.1, -0.05) is 18.2 Å². The summed E-state index contributed by atoms with van der Waals surface area (Å²) in [5.74, 6) is -14.5. The van der Waals surface area contributed by atoms with E-state index < -0.39 is 55.1 Å². The molecule has 0 amide bonds. The van der Waals surface area contributed by atoms with Crippen LogP contribution in [0.25, 0.3) is 0 Å². The topological polar surface area (TPSA) is 260 Å². The number of sulfonamides is 1. The van der Waals surface area contributed by atoms with Crippen molar-refractivity contribution in [1.29, 1.82) is 0 Å². The van der Waals surface area contributed by atoms with Gasteiger partial charge in [0.05, 0.1) is 5.69 Å². The van der Waals surface area contributed by atoms with Gasteiger partial charge in [0.1, 0.15) is 16.9 Å². The molecule has 0 aliphatic rings. The molecule has 11 N–H and O–H groups in total. The fourth-order valence-corrected chi connectivity index (χ4v) is 3.19. The van der Waals surface area contributed by atoms with Crippen molar-refractivity contribution < 1.29 is 58.8 Å². The van der Waals surface area contributed by atoms with Crippen LogP contribution < -0.4 is 15.2 Å². The molecule has 0 atom stereocenters. The average molecular weight is 486 g/mol. The van der Waals surface area contributed by atoms with E-state index in [9.17, 15) is 54.1 Å². The number of anilines is 1. The number of hydrogen-bond donors (Lipinski definition) is 10. The van der Waals surface area contributed by atoms with Gasteiger partial charge in [-0.3, -0.25) is 4.79 Å². The lowest BCUT2D eigenvalue weighted by Gasteiger charge is -2.46. The molecule has 178 valence electrons. The summed E-state index contributed by atoms with van der Waals surface area (Å²) < 4.78 is 29.6. The van der Waals surface area contributed by atoms with Crippen molar-refractivity contribution in [1.82, 2.24) is 0 Å². The highest BCUT2D eigenvalue weighted by Gasteiger charge is 2.68. The normalized spacial score (nSPS) is 13.5. The Hall–Kier alpha value is -2.64. The lowest BCUT2D eigenvalue weighted by Crippen LogP contribution is -2.78. The summed E-state index contributed by atoms with van der Waals surface area (Å²) in [6.07, 6.45) is 0.114. The molecule has 0 spiro atoms. The summed E-state index contributed by atoms with van der Waals surface area (Å²) in [5, 5.41) is 84.6. The summed E-state index contributed by atoms with van der Waals surface area (Å²) >= 11 is 0. The molecule has 0 heterocycles. The Balaban J connectivity index is 2.73. The molecule has 0 aliphatic heterocycles. The molecule has 0 fully saturated rings. The van der Waals surface area contributed by atoms with Gasteiger partial charge in [-0.15, -0.1) is 0 Å². The van der Waals surface area contributed by atoms with Crippen LogP contribution in [0.2, 0.25) is 0 Å². The molecular formula is C17H19BN2O12S. The zero-order chi connectivity index (χ0) is 25.5. The zero-order valence-corrected chi connectivity index (χ0v) is 17.2. The largest absolute Gasteiger partial charge is 0.454 e. The van der Waals surface area contributed by atoms with E-state index in [4.69, 9.17) is 9.88 Å². The summed E-state index contributed by atoms with van der Waals surface area (Å²) in [6.45, 7) is 0. The Morgan fingerprint density at radius 2 is 1.48 bits per heavy atom. The first-order chi connectivity index (χ1) is 14.8. The van der Waals surface area contributed by atoms with Gasteiger partial charge in [0.2, 0.25) is 10.0 Å². The number of ether oxygens (including phenoxy) is 1. The number of carbonyl (C=O) groups is 1. The Labute approximate surface area is 187 Å². The van der Waals surface area contributed by atoms with Crippen LogP contribution in [0, 0.1) is 0 Å². The number of para-hydroxylation sites is 1. The maximum atomic E-state index is 12.1. The molecule has 0 unspecified atom stereocenters. The molecule has 2 radical (unpaired) electrons. The second-order valence-corrected chi connectivity index (χ2v) is 8.37. The van der Waals surface area contributed by atoms with E-state index in [0.717, 1.165) is 12.1 Å². The molecule has 2 aromatic rings. The molecule has 2 aromatic carbocycles. The van der Waals surface area contributed by atoms with Crippen molar-refractivity contribution >= 4 is 29.8 Å². The number of primary sulfonamides is 1. The number of aldehydes is 1. The van der Waals surface area contributed by atoms with Crippen molar-refractivity contribution in [3.05, 3.63) is 48.0 Å². The summed E-state index contributed by atoms with van der Waals surface area (Å²) in [4.78, 5) is 10.4. The predicted octanol–water partition coefficient (Wildman–Crippen LogP) is -3.84. The first-order valence-corrected chi connectivity index (χ1v) is 10.1. The molecule has 0 saturated carbocycles. The highest BCUT2D eigenvalue weighted by Crippen LogP contribution is 2.40. The van der Waals surface area contributed by atoms with Crippen LogP contribution in [0.3, 0.4) is 0 Å². The van der Waals surface area contributed by atoms with Crippen molar-refractivity contribution in [3.8, 4) is 11.5 Å². The van der Waals surface area contributed by atoms with Crippen LogP contribution in [-0.4, -0.2) is 86.6 Å². The summed E-state index contributed by atoms with van der Waals surface area (Å²) in [5.41, 5.74) is -5.54. The SMILES string of the molecule is [B]C(O)(O)C(O)(O)C(O)(O)C(O)(O)Nc1cc(C=O)cc(S(N)(=O)=O)c1Oc1ccccc1. The maximum Gasteiger partial charge on any atom is 0.307 e. The van der Waals surface area contributed by atoms with Gasteiger partial charge in [-0.25, -0.2) is 13.6 Å². The predicted molar refractivity (Wildman–Crippen MR) is 108 cm³/mol. The number of rotatable bonds is 9. The quantitative estimate of drug-likeness (QED) is 0.0926. The van der Waals surface area contributed by atoms with Crippen LogP contribution in [-0.2, 0) is 10.0 Å². The molecular weight excluding hydrogens is 467 g/mol. The summed E-state index contributed by atoms with van der Waals surface area (Å²) in [6, 6.07) is 8.69. The van der Waals surface area contributed by atoms with Gasteiger partial charge < -0.3 is 50.9 Å². The van der Waals surface area contributed by atoms with Crippen LogP contribution in [0.1, 0.15) is 10.4 Å². The minimum Gasteiger partial charge on any atom is -0.454 e. The molecule has 0 saturated heterocycles. The van der Waals surface area contributed by atoms with E-state index >= 15 is 0 Å². The van der Waals surface area contributed by atoms with Gasteiger partial charge in [0, 0.05) is 5.56 Å². The molecule has 0 bridgehead atoms. The second-order valence-electron chi connectivity index (χ2n) is 6.84. The lowest BCUT2D eigenvalue weighted by molar-refractivity contribution is -0.485. The minimum atomic E-state index is -4.69. The van der Waals surface area contributed by atoms with E-state index in [0.29, 0.717) is 0 Å². The standard InChI is InChI=1S/C17H19BN2O12S/c18-16(26,27)14(22,23)15(24,25)17(28,29)20-11-6-9(8-21)7-12(33(19,30)31)13(11)32-10-4-2-1-3-5-10/h1-8,20,22-29H,(H2,19,30,31). The third-order valence-electron chi connectivity index (χ3n) is 4.28. The highest BCUT2D eigenvalue weighted by molar-refractivity contribution is 7.89. The van der Waals surface area contributed by atoms with Crippen LogP contribution >= 0.6 is 0 Å². The van der Waals surface area contributed by atoms with E-state index in [-0.39, 0.29) is 12.0 Å². The third kappa shape index (κ3) is 5.15. The number of carbonyl (C=O) groups excluding carboxylic acids is 1. The summed E-state index contributed by atoms with van der Waals surface area (Å²) in [7, 11) is -0.0397. The second kappa shape index (κ2) is 8.62. The van der Waals surface area contributed by atoms with Crippen molar-refractivity contribution in [2.45, 2.75) is 28.1 Å². The molecule has 2 rings (SSSR count). The van der Waals surface area contributed by atoms with Gasteiger partial charge in [-0.05, 0) is 24.3 Å². The monoisotopic (exact) mass is 486 g/mol. The lowest BCUT2D eigenvalue weighted by atomic mass is 9.80. The molecule has 14 nitrogen and oxygen atoms in total. The van der Waals surface area contributed by atoms with Gasteiger partial charge >= 0.3 is 11.7 Å². The first kappa shape index (κ1) is 26.6. The van der Waals surface area contributed by atoms with Crippen LogP contribution in [0.15, 0.2) is 47.4 Å². The Kier molecular flexibility index (Phi) is 6.95. The Bertz CT molecular complexity index is 1130. The van der Waals surface area contributed by atoms with Gasteiger partial charge in [0.15, 0.2) is 19.3 Å². The fraction of sp³-hybridized carbons (Fsp3) is 0.235. The number of nitrogens with two attached hydrogens (primary N) is 1. The number of nitrogens with one attached hydrogen (secondary N) is 1. The van der Waals surface area contributed by atoms with E-state index in [1.165, 1.54) is 29.6 Å². The van der Waals surface area contributed by atoms with E-state index in [1.54, 1.807) is 6.07 Å². The first-order valence-electron chi connectivity index (χ1n) is 8.60. The molecule has 33 heavy (non-hydrogen) atoms. The molecule has 0 aromatic heterocycles. The van der Waals surface area contributed by atoms with E-state index in [1.807, 2.05) is 0 Å². The molecule has 0 aliphatic carbocycles.